The molecule has 14 heavy (non-hydrogen) atoms. The molecular formula is C7H6N6V. The zero-order valence-electron chi connectivity index (χ0n) is 7.31. The summed E-state index contributed by atoms with van der Waals surface area (Å²) in [5.74, 6) is 0.697. The number of imidazole rings is 1. The zero-order valence-corrected chi connectivity index (χ0v) is 8.71. The Morgan fingerprint density at radius 3 is 2.93 bits per heavy atom. The van der Waals surface area contributed by atoms with Crippen LogP contribution in [-0.2, 0) is 18.6 Å². The minimum atomic E-state index is 0. The molecule has 2 heterocycles. The number of anilines is 1. The maximum atomic E-state index is 8.61. The van der Waals surface area contributed by atoms with Gasteiger partial charge in [0.25, 0.3) is 0 Å². The number of H-pyrrole nitrogens is 1. The summed E-state index contributed by atoms with van der Waals surface area (Å²) in [7, 11) is 1.73. The van der Waals surface area contributed by atoms with E-state index in [0.29, 0.717) is 17.0 Å². The fourth-order valence-corrected chi connectivity index (χ4v) is 1.06. The van der Waals surface area contributed by atoms with E-state index in [1.165, 1.54) is 6.33 Å². The first-order valence-electron chi connectivity index (χ1n) is 3.64. The Bertz CT molecular complexity index is 484. The molecule has 0 spiro atoms. The summed E-state index contributed by atoms with van der Waals surface area (Å²) in [6, 6.07) is 1.87. The molecule has 1 radical (unpaired) electrons. The van der Waals surface area contributed by atoms with Gasteiger partial charge in [-0.3, -0.25) is 0 Å². The summed E-state index contributed by atoms with van der Waals surface area (Å²) in [4.78, 5) is 14.7. The summed E-state index contributed by atoms with van der Waals surface area (Å²) >= 11 is 0. The monoisotopic (exact) mass is 225 g/mol. The molecule has 2 aromatic rings. The molecule has 0 atom stereocenters. The molecule has 0 aliphatic rings. The Morgan fingerprint density at radius 1 is 1.50 bits per heavy atom. The van der Waals surface area contributed by atoms with Crippen LogP contribution in [0.4, 0.5) is 5.82 Å². The van der Waals surface area contributed by atoms with Gasteiger partial charge >= 0.3 is 0 Å². The number of nitrogens with zero attached hydrogens (tertiary/aromatic N) is 4. The maximum absolute atomic E-state index is 8.61. The smallest absolute Gasteiger partial charge is 0.236 e. The molecule has 0 fully saturated rings. The average molecular weight is 225 g/mol. The van der Waals surface area contributed by atoms with Crippen LogP contribution in [0, 0.1) is 11.3 Å². The van der Waals surface area contributed by atoms with Crippen molar-refractivity contribution in [1.29, 1.82) is 5.26 Å². The van der Waals surface area contributed by atoms with Gasteiger partial charge in [0.05, 0.1) is 6.33 Å². The first kappa shape index (κ1) is 10.5. The summed E-state index contributed by atoms with van der Waals surface area (Å²) in [5.41, 5.74) is 1.21. The van der Waals surface area contributed by atoms with Crippen LogP contribution < -0.4 is 5.32 Å². The Hall–Kier alpha value is -1.58. The molecule has 2 N–H and O–H groups in total. The van der Waals surface area contributed by atoms with Gasteiger partial charge in [-0.1, -0.05) is 0 Å². The van der Waals surface area contributed by atoms with Crippen molar-refractivity contribution in [2.45, 2.75) is 0 Å². The summed E-state index contributed by atoms with van der Waals surface area (Å²) in [5, 5.41) is 11.5. The normalized spacial score (nSPS) is 9.14. The van der Waals surface area contributed by atoms with Crippen LogP contribution in [0.25, 0.3) is 11.2 Å². The largest absolute Gasteiger partial charge is 0.371 e. The van der Waals surface area contributed by atoms with Crippen LogP contribution in [0.1, 0.15) is 5.82 Å². The van der Waals surface area contributed by atoms with E-state index in [-0.39, 0.29) is 24.4 Å². The van der Waals surface area contributed by atoms with E-state index < -0.39 is 0 Å². The van der Waals surface area contributed by atoms with E-state index in [1.54, 1.807) is 7.05 Å². The van der Waals surface area contributed by atoms with Gasteiger partial charge < -0.3 is 10.3 Å². The molecule has 0 unspecified atom stereocenters. The van der Waals surface area contributed by atoms with E-state index in [2.05, 4.69) is 25.3 Å². The van der Waals surface area contributed by atoms with E-state index in [0.717, 1.165) is 0 Å². The Labute approximate surface area is 91.7 Å². The number of fused-ring (bicyclic) bond motifs is 1. The molecule has 0 saturated carbocycles. The van der Waals surface area contributed by atoms with E-state index in [1.807, 2.05) is 6.07 Å². The molecule has 2 aromatic heterocycles. The standard InChI is InChI=1S/C7H6N6.V/c1-9-6-5-7(11-3-10-5)13-4(2-8)12-6;/h3H,1H3,(H2,9,10,11,12,13);. The first-order valence-corrected chi connectivity index (χ1v) is 3.64. The van der Waals surface area contributed by atoms with Crippen LogP contribution >= 0.6 is 0 Å². The van der Waals surface area contributed by atoms with Gasteiger partial charge in [0.1, 0.15) is 11.6 Å². The second kappa shape index (κ2) is 4.09. The van der Waals surface area contributed by atoms with Crippen molar-refractivity contribution in [3.8, 4) is 6.07 Å². The molecular weight excluding hydrogens is 219 g/mol. The van der Waals surface area contributed by atoms with Gasteiger partial charge in [-0.25, -0.2) is 4.98 Å². The van der Waals surface area contributed by atoms with Crippen molar-refractivity contribution in [1.82, 2.24) is 19.9 Å². The SMILES string of the molecule is CNc1nc(C#N)nc2nc[nH]c12.[V]. The minimum Gasteiger partial charge on any atom is -0.371 e. The van der Waals surface area contributed by atoms with Crippen LogP contribution in [-0.4, -0.2) is 27.0 Å². The number of nitriles is 1. The number of nitrogens with one attached hydrogen (secondary N) is 2. The van der Waals surface area contributed by atoms with Gasteiger partial charge in [-0.15, -0.1) is 0 Å². The van der Waals surface area contributed by atoms with Crippen LogP contribution in [0.5, 0.6) is 0 Å². The summed E-state index contributed by atoms with van der Waals surface area (Å²) in [6.45, 7) is 0. The molecule has 7 heteroatoms. The van der Waals surface area contributed by atoms with Gasteiger partial charge in [0.2, 0.25) is 5.82 Å². The number of aromatic amines is 1. The second-order valence-corrected chi connectivity index (χ2v) is 2.36. The second-order valence-electron chi connectivity index (χ2n) is 2.36. The number of hydrogen-bond donors (Lipinski definition) is 2. The molecule has 0 saturated heterocycles. The van der Waals surface area contributed by atoms with Crippen LogP contribution in [0.2, 0.25) is 0 Å². The summed E-state index contributed by atoms with van der Waals surface area (Å²) < 4.78 is 0. The predicted molar refractivity (Wildman–Crippen MR) is 45.9 cm³/mol. The van der Waals surface area contributed by atoms with Crippen molar-refractivity contribution in [3.05, 3.63) is 12.2 Å². The average Bonchev–Trinajstić information content (AvgIpc) is 2.63. The third kappa shape index (κ3) is 1.55. The number of aromatic nitrogens is 4. The molecule has 69 valence electrons. The predicted octanol–water partition coefficient (Wildman–Crippen LogP) is 0.264. The van der Waals surface area contributed by atoms with Gasteiger partial charge in [0, 0.05) is 25.6 Å². The molecule has 2 rings (SSSR count). The molecule has 0 aromatic carbocycles. The summed E-state index contributed by atoms with van der Waals surface area (Å²) in [6.07, 6.45) is 1.52. The zero-order chi connectivity index (χ0) is 9.26. The van der Waals surface area contributed by atoms with Crippen molar-refractivity contribution in [3.63, 3.8) is 0 Å². The third-order valence-electron chi connectivity index (χ3n) is 1.62. The number of hydrogen-bond acceptors (Lipinski definition) is 5. The fourth-order valence-electron chi connectivity index (χ4n) is 1.06. The maximum Gasteiger partial charge on any atom is 0.236 e. The van der Waals surface area contributed by atoms with E-state index in [4.69, 9.17) is 5.26 Å². The molecule has 0 amide bonds. The number of rotatable bonds is 1. The van der Waals surface area contributed by atoms with Gasteiger partial charge in [-0.05, 0) is 0 Å². The van der Waals surface area contributed by atoms with Crippen molar-refractivity contribution >= 4 is 17.0 Å². The fraction of sp³-hybridized carbons (Fsp3) is 0.143. The van der Waals surface area contributed by atoms with Gasteiger partial charge in [-0.2, -0.15) is 15.2 Å². The van der Waals surface area contributed by atoms with E-state index in [9.17, 15) is 0 Å². The minimum absolute atomic E-state index is 0. The van der Waals surface area contributed by atoms with Crippen molar-refractivity contribution in [2.24, 2.45) is 0 Å². The van der Waals surface area contributed by atoms with Crippen molar-refractivity contribution in [2.75, 3.05) is 12.4 Å². The Morgan fingerprint density at radius 2 is 2.29 bits per heavy atom. The van der Waals surface area contributed by atoms with Gasteiger partial charge in [0.15, 0.2) is 11.5 Å². The molecule has 0 aliphatic carbocycles. The van der Waals surface area contributed by atoms with E-state index >= 15 is 0 Å². The first-order chi connectivity index (χ1) is 6.35. The Kier molecular flexibility index (Phi) is 3.07. The molecule has 6 nitrogen and oxygen atoms in total. The topological polar surface area (TPSA) is 90.3 Å². The molecule has 0 bridgehead atoms. The van der Waals surface area contributed by atoms with Crippen LogP contribution in [0.3, 0.4) is 0 Å². The Balaban J connectivity index is 0.000000980. The van der Waals surface area contributed by atoms with Crippen LogP contribution in [0.15, 0.2) is 6.33 Å². The third-order valence-corrected chi connectivity index (χ3v) is 1.62. The molecule has 0 aliphatic heterocycles. The quantitative estimate of drug-likeness (QED) is 0.726. The van der Waals surface area contributed by atoms with Crippen molar-refractivity contribution < 1.29 is 18.6 Å².